The molecule has 5 nitrogen and oxygen atoms in total. The first-order chi connectivity index (χ1) is 15.0. The molecule has 0 bridgehead atoms. The van der Waals surface area contributed by atoms with E-state index in [1.54, 1.807) is 12.0 Å². The molecule has 0 aromatic heterocycles. The van der Waals surface area contributed by atoms with Crippen LogP contribution in [0.5, 0.6) is 5.75 Å². The van der Waals surface area contributed by atoms with Crippen molar-refractivity contribution in [2.75, 3.05) is 7.11 Å². The molecule has 0 spiro atoms. The molecule has 0 radical (unpaired) electrons. The lowest BCUT2D eigenvalue weighted by atomic mass is 9.95. The van der Waals surface area contributed by atoms with Crippen LogP contribution in [0, 0.1) is 6.92 Å². The average molecular weight is 423 g/mol. The highest BCUT2D eigenvalue weighted by Crippen LogP contribution is 2.19. The quantitative estimate of drug-likeness (QED) is 0.685. The molecule has 1 aliphatic rings. The summed E-state index contributed by atoms with van der Waals surface area (Å²) in [4.78, 5) is 28.0. The number of amides is 2. The van der Waals surface area contributed by atoms with Crippen molar-refractivity contribution in [1.82, 2.24) is 10.2 Å². The number of carbonyl (C=O) groups is 2. The Labute approximate surface area is 185 Å². The Morgan fingerprint density at radius 1 is 1.00 bits per heavy atom. The van der Waals surface area contributed by atoms with Gasteiger partial charge < -0.3 is 15.0 Å². The Kier molecular flexibility index (Phi) is 8.10. The molecular formula is C26H34N2O3. The highest BCUT2D eigenvalue weighted by atomic mass is 16.5. The minimum atomic E-state index is -0.540. The number of nitrogens with zero attached hydrogens (tertiary/aromatic N) is 1. The number of nitrogens with one attached hydrogen (secondary N) is 1. The summed E-state index contributed by atoms with van der Waals surface area (Å²) >= 11 is 0. The molecule has 0 unspecified atom stereocenters. The van der Waals surface area contributed by atoms with Crippen LogP contribution in [0.1, 0.15) is 55.7 Å². The lowest BCUT2D eigenvalue weighted by Gasteiger charge is -2.31. The van der Waals surface area contributed by atoms with E-state index in [0.717, 1.165) is 48.1 Å². The van der Waals surface area contributed by atoms with Gasteiger partial charge in [-0.2, -0.15) is 0 Å². The van der Waals surface area contributed by atoms with Crippen molar-refractivity contribution in [3.8, 4) is 5.75 Å². The molecule has 2 amide bonds. The van der Waals surface area contributed by atoms with Crippen LogP contribution < -0.4 is 10.1 Å². The van der Waals surface area contributed by atoms with E-state index in [9.17, 15) is 9.59 Å². The molecule has 3 rings (SSSR count). The van der Waals surface area contributed by atoms with E-state index < -0.39 is 6.04 Å². The standard InChI is InChI=1S/C26H34N2O3/c1-19-9-11-21(12-10-19)17-25(29)28(18-22-13-15-24(31-3)16-14-22)20(2)26(30)27-23-7-5-4-6-8-23/h9-16,20,23H,4-8,17-18H2,1-3H3,(H,27,30)/t20-/m1/s1. The van der Waals surface area contributed by atoms with Crippen LogP contribution in [0.25, 0.3) is 0 Å². The Bertz CT molecular complexity index is 855. The lowest BCUT2D eigenvalue weighted by molar-refractivity contribution is -0.140. The van der Waals surface area contributed by atoms with Crippen molar-refractivity contribution in [1.29, 1.82) is 0 Å². The Hall–Kier alpha value is -2.82. The average Bonchev–Trinajstić information content (AvgIpc) is 2.79. The Balaban J connectivity index is 1.74. The number of hydrogen-bond donors (Lipinski definition) is 1. The van der Waals surface area contributed by atoms with Crippen molar-refractivity contribution < 1.29 is 14.3 Å². The summed E-state index contributed by atoms with van der Waals surface area (Å²) in [7, 11) is 1.63. The molecule has 1 atom stereocenters. The SMILES string of the molecule is COc1ccc(CN(C(=O)Cc2ccc(C)cc2)[C@H](C)C(=O)NC2CCCCC2)cc1. The van der Waals surface area contributed by atoms with Gasteiger partial charge in [0.05, 0.1) is 13.5 Å². The second-order valence-electron chi connectivity index (χ2n) is 8.55. The molecule has 1 fully saturated rings. The van der Waals surface area contributed by atoms with Gasteiger partial charge in [0, 0.05) is 12.6 Å². The van der Waals surface area contributed by atoms with Gasteiger partial charge >= 0.3 is 0 Å². The first-order valence-electron chi connectivity index (χ1n) is 11.2. The summed E-state index contributed by atoms with van der Waals surface area (Å²) in [6, 6.07) is 15.3. The zero-order valence-electron chi connectivity index (χ0n) is 18.9. The molecule has 0 heterocycles. The van der Waals surface area contributed by atoms with E-state index in [1.165, 1.54) is 6.42 Å². The summed E-state index contributed by atoms with van der Waals surface area (Å²) in [5, 5.41) is 3.18. The van der Waals surface area contributed by atoms with Gasteiger partial charge in [-0.1, -0.05) is 61.2 Å². The molecule has 0 aliphatic heterocycles. The molecular weight excluding hydrogens is 388 g/mol. The minimum Gasteiger partial charge on any atom is -0.497 e. The van der Waals surface area contributed by atoms with Gasteiger partial charge in [-0.15, -0.1) is 0 Å². The number of ether oxygens (including phenoxy) is 1. The van der Waals surface area contributed by atoms with E-state index in [2.05, 4.69) is 5.32 Å². The number of hydrogen-bond acceptors (Lipinski definition) is 3. The summed E-state index contributed by atoms with van der Waals surface area (Å²) in [5.74, 6) is 0.646. The molecule has 1 aliphatic carbocycles. The molecule has 2 aromatic rings. The van der Waals surface area contributed by atoms with Crippen LogP contribution in [0.15, 0.2) is 48.5 Å². The monoisotopic (exact) mass is 422 g/mol. The third-order valence-corrected chi connectivity index (χ3v) is 6.11. The van der Waals surface area contributed by atoms with Crippen LogP contribution in [-0.4, -0.2) is 35.9 Å². The number of benzene rings is 2. The Morgan fingerprint density at radius 3 is 2.23 bits per heavy atom. The second kappa shape index (κ2) is 11.0. The van der Waals surface area contributed by atoms with Crippen LogP contribution >= 0.6 is 0 Å². The molecule has 166 valence electrons. The van der Waals surface area contributed by atoms with Gasteiger partial charge in [0.15, 0.2) is 0 Å². The van der Waals surface area contributed by atoms with Gasteiger partial charge in [-0.25, -0.2) is 0 Å². The van der Waals surface area contributed by atoms with Crippen molar-refractivity contribution in [2.45, 2.75) is 71.0 Å². The maximum Gasteiger partial charge on any atom is 0.242 e. The van der Waals surface area contributed by atoms with Gasteiger partial charge in [0.1, 0.15) is 11.8 Å². The number of methoxy groups -OCH3 is 1. The van der Waals surface area contributed by atoms with Crippen molar-refractivity contribution in [2.24, 2.45) is 0 Å². The van der Waals surface area contributed by atoms with Crippen LogP contribution in [-0.2, 0) is 22.6 Å². The van der Waals surface area contributed by atoms with E-state index in [1.807, 2.05) is 62.4 Å². The molecule has 31 heavy (non-hydrogen) atoms. The fourth-order valence-corrected chi connectivity index (χ4v) is 4.06. The highest BCUT2D eigenvalue weighted by Gasteiger charge is 2.28. The lowest BCUT2D eigenvalue weighted by Crippen LogP contribution is -2.50. The Morgan fingerprint density at radius 2 is 1.61 bits per heavy atom. The summed E-state index contributed by atoms with van der Waals surface area (Å²) in [6.45, 7) is 4.24. The minimum absolute atomic E-state index is 0.0500. The van der Waals surface area contributed by atoms with E-state index in [-0.39, 0.29) is 24.3 Å². The predicted octanol–water partition coefficient (Wildman–Crippen LogP) is 4.41. The molecule has 5 heteroatoms. The largest absolute Gasteiger partial charge is 0.497 e. The molecule has 0 saturated heterocycles. The molecule has 1 saturated carbocycles. The van der Waals surface area contributed by atoms with Crippen LogP contribution in [0.3, 0.4) is 0 Å². The van der Waals surface area contributed by atoms with E-state index in [0.29, 0.717) is 6.54 Å². The maximum atomic E-state index is 13.3. The highest BCUT2D eigenvalue weighted by molar-refractivity contribution is 5.88. The third-order valence-electron chi connectivity index (χ3n) is 6.11. The summed E-state index contributed by atoms with van der Waals surface area (Å²) in [5.41, 5.74) is 3.08. The van der Waals surface area contributed by atoms with Gasteiger partial charge in [0.25, 0.3) is 0 Å². The zero-order chi connectivity index (χ0) is 22.2. The molecule has 1 N–H and O–H groups in total. The van der Waals surface area contributed by atoms with Gasteiger partial charge in [-0.3, -0.25) is 9.59 Å². The number of aryl methyl sites for hydroxylation is 1. The number of carbonyl (C=O) groups excluding carboxylic acids is 2. The first-order valence-corrected chi connectivity index (χ1v) is 11.2. The van der Waals surface area contributed by atoms with Gasteiger partial charge in [-0.05, 0) is 49.9 Å². The third kappa shape index (κ3) is 6.58. The topological polar surface area (TPSA) is 58.6 Å². The van der Waals surface area contributed by atoms with E-state index in [4.69, 9.17) is 4.74 Å². The van der Waals surface area contributed by atoms with E-state index >= 15 is 0 Å². The zero-order valence-corrected chi connectivity index (χ0v) is 18.9. The van der Waals surface area contributed by atoms with Crippen LogP contribution in [0.2, 0.25) is 0 Å². The fourth-order valence-electron chi connectivity index (χ4n) is 4.06. The number of rotatable bonds is 8. The second-order valence-corrected chi connectivity index (χ2v) is 8.55. The van der Waals surface area contributed by atoms with Crippen molar-refractivity contribution in [3.05, 3.63) is 65.2 Å². The summed E-state index contributed by atoms with van der Waals surface area (Å²) < 4.78 is 5.24. The first kappa shape index (κ1) is 22.9. The smallest absolute Gasteiger partial charge is 0.242 e. The summed E-state index contributed by atoms with van der Waals surface area (Å²) in [6.07, 6.45) is 5.86. The fraction of sp³-hybridized carbons (Fsp3) is 0.462. The molecule has 2 aromatic carbocycles. The van der Waals surface area contributed by atoms with Gasteiger partial charge in [0.2, 0.25) is 11.8 Å². The maximum absolute atomic E-state index is 13.3. The normalized spacial score (nSPS) is 15.2. The van der Waals surface area contributed by atoms with Crippen LogP contribution in [0.4, 0.5) is 0 Å². The predicted molar refractivity (Wildman–Crippen MR) is 123 cm³/mol. The van der Waals surface area contributed by atoms with Crippen molar-refractivity contribution >= 4 is 11.8 Å². The van der Waals surface area contributed by atoms with Crippen molar-refractivity contribution in [3.63, 3.8) is 0 Å².